The molecular weight excluding hydrogens is 538 g/mol. The van der Waals surface area contributed by atoms with Gasteiger partial charge in [0.15, 0.2) is 0 Å². The van der Waals surface area contributed by atoms with Gasteiger partial charge in [0.2, 0.25) is 0 Å². The van der Waals surface area contributed by atoms with E-state index in [1.807, 2.05) is 60.7 Å². The molecule has 0 spiro atoms. The van der Waals surface area contributed by atoms with Gasteiger partial charge in [-0.2, -0.15) is 15.8 Å². The highest BCUT2D eigenvalue weighted by atomic mass is 15.2. The second-order valence-electron chi connectivity index (χ2n) is 11.4. The minimum absolute atomic E-state index is 0.178. The van der Waals surface area contributed by atoms with E-state index in [4.69, 9.17) is 0 Å². The van der Waals surface area contributed by atoms with Crippen LogP contribution in [0.15, 0.2) is 115 Å². The molecule has 1 aliphatic carbocycles. The molecule has 0 N–H and O–H groups in total. The first-order valence-electron chi connectivity index (χ1n) is 14.8. The summed E-state index contributed by atoms with van der Waals surface area (Å²) in [5.41, 5.74) is 12.0. The van der Waals surface area contributed by atoms with E-state index >= 15 is 0 Å². The Balaban J connectivity index is 1.38. The summed E-state index contributed by atoms with van der Waals surface area (Å²) in [4.78, 5) is 2.34. The summed E-state index contributed by atoms with van der Waals surface area (Å²) in [6, 6.07) is 43.6. The molecule has 0 saturated carbocycles. The van der Waals surface area contributed by atoms with E-state index in [1.165, 1.54) is 22.4 Å². The van der Waals surface area contributed by atoms with Crippen LogP contribution in [0.25, 0.3) is 33.1 Å². The first kappa shape index (κ1) is 25.6. The Bertz CT molecular complexity index is 2300. The average molecular weight is 564 g/mol. The van der Waals surface area contributed by atoms with Crippen molar-refractivity contribution < 1.29 is 0 Å². The van der Waals surface area contributed by atoms with Crippen LogP contribution in [0.2, 0.25) is 0 Å². The van der Waals surface area contributed by atoms with Crippen LogP contribution < -0.4 is 4.90 Å². The standard InChI is InChI=1S/C39H25N5/c40-22-25-12-16-29(17-13-25)43-37-18-14-26(23-41)20-33(37)32-9-5-8-30(39(32)43)27-15-19-38-34(21-27)31-7-2-4-11-36(31)44(38)35-10-3-1-6-28(35)24-42/h1-4,6-7,10-21,32H,5,8-9H2. The quantitative estimate of drug-likeness (QED) is 0.215. The molecule has 5 nitrogen and oxygen atoms in total. The Morgan fingerprint density at radius 2 is 1.39 bits per heavy atom. The number of nitriles is 3. The summed E-state index contributed by atoms with van der Waals surface area (Å²) < 4.78 is 2.20. The van der Waals surface area contributed by atoms with Crippen LogP contribution in [0.4, 0.5) is 11.4 Å². The molecule has 1 aromatic heterocycles. The third-order valence-electron chi connectivity index (χ3n) is 9.11. The van der Waals surface area contributed by atoms with E-state index in [1.54, 1.807) is 0 Å². The number of allylic oxidation sites excluding steroid dienone is 2. The lowest BCUT2D eigenvalue weighted by atomic mass is 9.81. The minimum Gasteiger partial charge on any atom is -0.313 e. The van der Waals surface area contributed by atoms with E-state index in [0.29, 0.717) is 16.7 Å². The number of hydrogen-bond acceptors (Lipinski definition) is 4. The molecule has 5 aromatic carbocycles. The molecule has 44 heavy (non-hydrogen) atoms. The molecule has 2 aliphatic rings. The summed E-state index contributed by atoms with van der Waals surface area (Å²) in [6.07, 6.45) is 3.01. The van der Waals surface area contributed by atoms with Crippen LogP contribution in [0.5, 0.6) is 0 Å². The van der Waals surface area contributed by atoms with Gasteiger partial charge >= 0.3 is 0 Å². The lowest BCUT2D eigenvalue weighted by Gasteiger charge is -2.30. The second kappa shape index (κ2) is 10.0. The summed E-state index contributed by atoms with van der Waals surface area (Å²) in [6.45, 7) is 0. The van der Waals surface area contributed by atoms with Gasteiger partial charge in [0.1, 0.15) is 6.07 Å². The van der Waals surface area contributed by atoms with Gasteiger partial charge < -0.3 is 9.47 Å². The molecule has 2 heterocycles. The summed E-state index contributed by atoms with van der Waals surface area (Å²) in [5.74, 6) is 0.178. The van der Waals surface area contributed by atoms with Gasteiger partial charge in [0.05, 0.1) is 45.5 Å². The highest BCUT2D eigenvalue weighted by Gasteiger charge is 2.39. The minimum atomic E-state index is 0.178. The molecule has 8 rings (SSSR count). The van der Waals surface area contributed by atoms with Crippen molar-refractivity contribution in [3.63, 3.8) is 0 Å². The van der Waals surface area contributed by atoms with Crippen molar-refractivity contribution in [2.24, 2.45) is 0 Å². The second-order valence-corrected chi connectivity index (χ2v) is 11.4. The van der Waals surface area contributed by atoms with Crippen molar-refractivity contribution in [3.05, 3.63) is 143 Å². The van der Waals surface area contributed by atoms with E-state index in [2.05, 4.69) is 76.2 Å². The summed E-state index contributed by atoms with van der Waals surface area (Å²) in [5, 5.41) is 31.3. The Morgan fingerprint density at radius 3 is 2.20 bits per heavy atom. The van der Waals surface area contributed by atoms with Gasteiger partial charge in [-0.3, -0.25) is 0 Å². The van der Waals surface area contributed by atoms with Crippen LogP contribution in [-0.4, -0.2) is 4.57 Å². The molecule has 0 bridgehead atoms. The zero-order chi connectivity index (χ0) is 29.8. The molecule has 0 fully saturated rings. The number of fused-ring (bicyclic) bond motifs is 6. The van der Waals surface area contributed by atoms with Crippen molar-refractivity contribution in [1.29, 1.82) is 15.8 Å². The SMILES string of the molecule is N#Cc1ccc(N2C3=C(c4ccc5c(c4)c4ccccc4n5-c4ccccc4C#N)CCCC3c3cc(C#N)ccc32)cc1. The fourth-order valence-corrected chi connectivity index (χ4v) is 7.23. The van der Waals surface area contributed by atoms with Crippen molar-refractivity contribution in [3.8, 4) is 23.9 Å². The number of benzene rings is 5. The zero-order valence-corrected chi connectivity index (χ0v) is 23.8. The predicted molar refractivity (Wildman–Crippen MR) is 173 cm³/mol. The lowest BCUT2D eigenvalue weighted by Crippen LogP contribution is -2.18. The van der Waals surface area contributed by atoms with E-state index in [-0.39, 0.29) is 5.92 Å². The monoisotopic (exact) mass is 563 g/mol. The lowest BCUT2D eigenvalue weighted by molar-refractivity contribution is 0.644. The predicted octanol–water partition coefficient (Wildman–Crippen LogP) is 9.23. The highest BCUT2D eigenvalue weighted by Crippen LogP contribution is 2.55. The van der Waals surface area contributed by atoms with Crippen molar-refractivity contribution in [2.75, 3.05) is 4.90 Å². The summed E-state index contributed by atoms with van der Waals surface area (Å²) in [7, 11) is 0. The average Bonchev–Trinajstić information content (AvgIpc) is 3.60. The maximum Gasteiger partial charge on any atom is 0.101 e. The van der Waals surface area contributed by atoms with Gasteiger partial charge in [-0.15, -0.1) is 0 Å². The normalized spacial score (nSPS) is 15.5. The Labute approximate surface area is 255 Å². The van der Waals surface area contributed by atoms with Crippen LogP contribution in [0.3, 0.4) is 0 Å². The Kier molecular flexibility index (Phi) is 5.83. The molecular formula is C39H25N5. The number of rotatable bonds is 3. The number of anilines is 2. The molecule has 1 unspecified atom stereocenters. The van der Waals surface area contributed by atoms with Crippen LogP contribution >= 0.6 is 0 Å². The van der Waals surface area contributed by atoms with Crippen LogP contribution in [0.1, 0.15) is 53.0 Å². The first-order chi connectivity index (χ1) is 21.7. The largest absolute Gasteiger partial charge is 0.313 e. The number of aromatic nitrogens is 1. The molecule has 1 aliphatic heterocycles. The fraction of sp³-hybridized carbons (Fsp3) is 0.103. The molecule has 206 valence electrons. The van der Waals surface area contributed by atoms with Crippen LogP contribution in [0, 0.1) is 34.0 Å². The van der Waals surface area contributed by atoms with Gasteiger partial charge in [0, 0.05) is 33.8 Å². The molecule has 6 aromatic rings. The first-order valence-corrected chi connectivity index (χ1v) is 14.8. The summed E-state index contributed by atoms with van der Waals surface area (Å²) >= 11 is 0. The smallest absolute Gasteiger partial charge is 0.101 e. The fourth-order valence-electron chi connectivity index (χ4n) is 7.23. The zero-order valence-electron chi connectivity index (χ0n) is 23.8. The van der Waals surface area contributed by atoms with Crippen molar-refractivity contribution in [1.82, 2.24) is 4.57 Å². The van der Waals surface area contributed by atoms with Crippen molar-refractivity contribution >= 4 is 38.8 Å². The molecule has 0 saturated heterocycles. The van der Waals surface area contributed by atoms with Crippen LogP contribution in [-0.2, 0) is 0 Å². The topological polar surface area (TPSA) is 79.5 Å². The van der Waals surface area contributed by atoms with E-state index in [0.717, 1.165) is 58.1 Å². The highest BCUT2D eigenvalue weighted by molar-refractivity contribution is 6.10. The van der Waals surface area contributed by atoms with E-state index in [9.17, 15) is 15.8 Å². The number of para-hydroxylation sites is 2. The molecule has 0 amide bonds. The maximum atomic E-state index is 9.91. The Morgan fingerprint density at radius 1 is 0.636 bits per heavy atom. The molecule has 0 radical (unpaired) electrons. The van der Waals surface area contributed by atoms with Gasteiger partial charge in [0.25, 0.3) is 0 Å². The molecule has 1 atom stereocenters. The maximum absolute atomic E-state index is 9.91. The number of nitrogens with zero attached hydrogens (tertiary/aromatic N) is 5. The van der Waals surface area contributed by atoms with Gasteiger partial charge in [-0.1, -0.05) is 36.4 Å². The third kappa shape index (κ3) is 3.76. The Hall–Kier alpha value is -6.09. The van der Waals surface area contributed by atoms with Crippen molar-refractivity contribution in [2.45, 2.75) is 25.2 Å². The van der Waals surface area contributed by atoms with Gasteiger partial charge in [-0.05, 0) is 109 Å². The van der Waals surface area contributed by atoms with E-state index < -0.39 is 0 Å². The molecule has 5 heteroatoms. The number of hydrogen-bond donors (Lipinski definition) is 0. The van der Waals surface area contributed by atoms with Gasteiger partial charge in [-0.25, -0.2) is 0 Å². The third-order valence-corrected chi connectivity index (χ3v) is 9.11.